The molecule has 138 valence electrons. The van der Waals surface area contributed by atoms with Crippen molar-refractivity contribution in [3.63, 3.8) is 0 Å². The van der Waals surface area contributed by atoms with Crippen LogP contribution in [0, 0.1) is 13.8 Å². The number of aromatic nitrogens is 6. The highest BCUT2D eigenvalue weighted by Gasteiger charge is 2.32. The van der Waals surface area contributed by atoms with Gasteiger partial charge in [0.1, 0.15) is 5.82 Å². The van der Waals surface area contributed by atoms with Gasteiger partial charge in [-0.15, -0.1) is 5.10 Å². The van der Waals surface area contributed by atoms with E-state index in [2.05, 4.69) is 20.1 Å². The van der Waals surface area contributed by atoms with E-state index in [1.165, 1.54) is 9.08 Å². The van der Waals surface area contributed by atoms with Crippen LogP contribution in [0.5, 0.6) is 0 Å². The molecular formula is C19H18F2N6. The minimum Gasteiger partial charge on any atom is -0.335 e. The van der Waals surface area contributed by atoms with E-state index in [4.69, 9.17) is 0 Å². The molecule has 0 aliphatic rings. The highest BCUT2D eigenvalue weighted by atomic mass is 19.2. The monoisotopic (exact) mass is 368 g/mol. The molecule has 2 atom stereocenters. The summed E-state index contributed by atoms with van der Waals surface area (Å²) in [5, 5.41) is 4.13. The second kappa shape index (κ2) is 6.53. The van der Waals surface area contributed by atoms with E-state index in [0.29, 0.717) is 22.7 Å². The van der Waals surface area contributed by atoms with Gasteiger partial charge in [-0.05, 0) is 13.8 Å². The fourth-order valence-electron chi connectivity index (χ4n) is 2.97. The summed E-state index contributed by atoms with van der Waals surface area (Å²) in [6.45, 7) is 3.53. The molecule has 0 aliphatic carbocycles. The summed E-state index contributed by atoms with van der Waals surface area (Å²) in [6.07, 6.45) is -0.725. The average molecular weight is 368 g/mol. The van der Waals surface area contributed by atoms with E-state index < -0.39 is 12.3 Å². The maximum Gasteiger partial charge on any atom is 0.199 e. The van der Waals surface area contributed by atoms with Crippen LogP contribution in [0.3, 0.4) is 0 Å². The fraction of sp³-hybridized carbons (Fsp3) is 0.263. The van der Waals surface area contributed by atoms with Crippen molar-refractivity contribution in [3.8, 4) is 11.3 Å². The van der Waals surface area contributed by atoms with Gasteiger partial charge in [-0.1, -0.05) is 30.3 Å². The molecule has 0 saturated heterocycles. The first-order valence-corrected chi connectivity index (χ1v) is 8.51. The lowest BCUT2D eigenvalue weighted by molar-refractivity contribution is 0.151. The third-order valence-electron chi connectivity index (χ3n) is 4.46. The van der Waals surface area contributed by atoms with Gasteiger partial charge in [-0.25, -0.2) is 23.3 Å². The van der Waals surface area contributed by atoms with Gasteiger partial charge in [0.25, 0.3) is 0 Å². The van der Waals surface area contributed by atoms with Gasteiger partial charge < -0.3 is 4.57 Å². The lowest BCUT2D eigenvalue weighted by Crippen LogP contribution is -2.09. The zero-order valence-corrected chi connectivity index (χ0v) is 15.1. The highest BCUT2D eigenvalue weighted by molar-refractivity contribution is 5.58. The number of aryl methyl sites for hydroxylation is 3. The van der Waals surface area contributed by atoms with E-state index in [0.717, 1.165) is 5.56 Å². The van der Waals surface area contributed by atoms with E-state index in [-0.39, 0.29) is 11.6 Å². The van der Waals surface area contributed by atoms with Gasteiger partial charge in [-0.2, -0.15) is 0 Å². The smallest absolute Gasteiger partial charge is 0.199 e. The largest absolute Gasteiger partial charge is 0.335 e. The number of imidazole rings is 1. The summed E-state index contributed by atoms with van der Waals surface area (Å²) in [7, 11) is 1.64. The number of halogens is 2. The number of rotatable bonds is 4. The number of alkyl halides is 2. The second-order valence-corrected chi connectivity index (χ2v) is 6.46. The number of benzene rings is 1. The minimum atomic E-state index is -2.03. The van der Waals surface area contributed by atoms with Crippen LogP contribution in [0.15, 0.2) is 42.7 Å². The molecular weight excluding hydrogens is 350 g/mol. The molecule has 6 nitrogen and oxygen atoms in total. The van der Waals surface area contributed by atoms with Crippen molar-refractivity contribution in [1.82, 2.24) is 29.1 Å². The van der Waals surface area contributed by atoms with Gasteiger partial charge in [0.2, 0.25) is 0 Å². The maximum absolute atomic E-state index is 15.0. The number of hydrogen-bond donors (Lipinski definition) is 0. The Kier molecular flexibility index (Phi) is 4.18. The molecule has 4 aromatic rings. The zero-order chi connectivity index (χ0) is 19.1. The third kappa shape index (κ3) is 2.97. The zero-order valence-electron chi connectivity index (χ0n) is 15.1. The summed E-state index contributed by atoms with van der Waals surface area (Å²) < 4.78 is 32.9. The van der Waals surface area contributed by atoms with Crippen molar-refractivity contribution in [1.29, 1.82) is 0 Å². The van der Waals surface area contributed by atoms with E-state index in [1.54, 1.807) is 33.3 Å². The molecule has 0 fully saturated rings. The Morgan fingerprint density at radius 1 is 1.00 bits per heavy atom. The van der Waals surface area contributed by atoms with Crippen LogP contribution < -0.4 is 0 Å². The predicted molar refractivity (Wildman–Crippen MR) is 96.6 cm³/mol. The Labute approximate surface area is 154 Å². The molecule has 3 heterocycles. The molecule has 27 heavy (non-hydrogen) atoms. The SMILES string of the molecule is Cc1ncc(C)n2nc([C@@H](F)[C@@H](F)c3nc(-c4ccccc4)cn3C)nc12. The van der Waals surface area contributed by atoms with Gasteiger partial charge in [0.15, 0.2) is 23.8 Å². The molecule has 0 bridgehead atoms. The van der Waals surface area contributed by atoms with Crippen molar-refractivity contribution >= 4 is 5.65 Å². The minimum absolute atomic E-state index is 0.00761. The molecule has 1 aromatic carbocycles. The molecule has 0 aliphatic heterocycles. The Hall–Kier alpha value is -3.16. The van der Waals surface area contributed by atoms with Crippen molar-refractivity contribution in [2.45, 2.75) is 26.2 Å². The van der Waals surface area contributed by atoms with Crippen LogP contribution in [0.1, 0.15) is 35.4 Å². The first kappa shape index (κ1) is 17.3. The van der Waals surface area contributed by atoms with Crippen LogP contribution in [0.25, 0.3) is 16.9 Å². The molecule has 0 radical (unpaired) electrons. The van der Waals surface area contributed by atoms with Crippen molar-refractivity contribution < 1.29 is 8.78 Å². The maximum atomic E-state index is 15.0. The average Bonchev–Trinajstić information content (AvgIpc) is 3.29. The molecule has 0 spiro atoms. The number of fused-ring (bicyclic) bond motifs is 1. The molecule has 8 heteroatoms. The van der Waals surface area contributed by atoms with Gasteiger partial charge in [0.05, 0.1) is 17.1 Å². The number of nitrogens with zero attached hydrogens (tertiary/aromatic N) is 6. The molecule has 0 amide bonds. The third-order valence-corrected chi connectivity index (χ3v) is 4.46. The van der Waals surface area contributed by atoms with Crippen molar-refractivity contribution in [2.75, 3.05) is 0 Å². The van der Waals surface area contributed by atoms with Gasteiger partial charge in [0, 0.05) is 25.0 Å². The molecule has 3 aromatic heterocycles. The Morgan fingerprint density at radius 2 is 1.74 bits per heavy atom. The standard InChI is InChI=1S/C19H18F2N6/c1-11-9-22-12(2)18-24-17(25-27(11)18)15(20)16(21)19-23-14(10-26(19)3)13-7-5-4-6-8-13/h4-10,15-16H,1-3H3/t15-,16+/m0/s1. The normalized spacial score (nSPS) is 13.8. The molecule has 0 unspecified atom stereocenters. The van der Waals surface area contributed by atoms with Crippen molar-refractivity contribution in [3.05, 3.63) is 65.8 Å². The molecule has 0 N–H and O–H groups in total. The van der Waals surface area contributed by atoms with Crippen molar-refractivity contribution in [2.24, 2.45) is 7.05 Å². The van der Waals surface area contributed by atoms with Crippen LogP contribution in [0.4, 0.5) is 8.78 Å². The van der Waals surface area contributed by atoms with Crippen LogP contribution in [-0.4, -0.2) is 29.1 Å². The summed E-state index contributed by atoms with van der Waals surface area (Å²) in [4.78, 5) is 12.6. The Balaban J connectivity index is 1.69. The lowest BCUT2D eigenvalue weighted by Gasteiger charge is -2.10. The summed E-state index contributed by atoms with van der Waals surface area (Å²) in [5.41, 5.74) is 3.14. The fourth-order valence-corrected chi connectivity index (χ4v) is 2.97. The van der Waals surface area contributed by atoms with Gasteiger partial charge in [-0.3, -0.25) is 4.98 Å². The Bertz CT molecular complexity index is 1060. The summed E-state index contributed by atoms with van der Waals surface area (Å²) in [5.74, 6) is -0.224. The van der Waals surface area contributed by atoms with E-state index >= 15 is 0 Å². The van der Waals surface area contributed by atoms with E-state index in [9.17, 15) is 8.78 Å². The summed E-state index contributed by atoms with van der Waals surface area (Å²) >= 11 is 0. The first-order valence-electron chi connectivity index (χ1n) is 8.51. The lowest BCUT2D eigenvalue weighted by atomic mass is 10.2. The molecule has 0 saturated carbocycles. The predicted octanol–water partition coefficient (Wildman–Crippen LogP) is 3.86. The Morgan fingerprint density at radius 3 is 2.44 bits per heavy atom. The topological polar surface area (TPSA) is 60.9 Å². The van der Waals surface area contributed by atoms with E-state index in [1.807, 2.05) is 30.3 Å². The first-order chi connectivity index (χ1) is 13.0. The van der Waals surface area contributed by atoms with Crippen LogP contribution in [-0.2, 0) is 7.05 Å². The molecule has 4 rings (SSSR count). The van der Waals surface area contributed by atoms with Crippen LogP contribution >= 0.6 is 0 Å². The second-order valence-electron chi connectivity index (χ2n) is 6.46. The number of hydrogen-bond acceptors (Lipinski definition) is 4. The van der Waals surface area contributed by atoms with Crippen LogP contribution in [0.2, 0.25) is 0 Å². The summed E-state index contributed by atoms with van der Waals surface area (Å²) in [6, 6.07) is 9.36. The quantitative estimate of drug-likeness (QED) is 0.549. The highest BCUT2D eigenvalue weighted by Crippen LogP contribution is 2.34. The van der Waals surface area contributed by atoms with Gasteiger partial charge >= 0.3 is 0 Å².